The van der Waals surface area contributed by atoms with Gasteiger partial charge in [0.05, 0.1) is 39.3 Å². The van der Waals surface area contributed by atoms with Crippen LogP contribution in [0.1, 0.15) is 12.8 Å². The van der Waals surface area contributed by atoms with E-state index in [1.54, 1.807) is 12.4 Å². The Hall–Kier alpha value is -5.29. The van der Waals surface area contributed by atoms with Crippen molar-refractivity contribution >= 4 is 38.4 Å². The van der Waals surface area contributed by atoms with Crippen LogP contribution in [0, 0.1) is 0 Å². The minimum atomic E-state index is 0.803. The summed E-state index contributed by atoms with van der Waals surface area (Å²) in [5, 5.41) is 3.57. The lowest BCUT2D eigenvalue weighted by Gasteiger charge is -2.12. The van der Waals surface area contributed by atoms with Gasteiger partial charge in [0, 0.05) is 46.1 Å². The molecule has 0 spiro atoms. The van der Waals surface area contributed by atoms with Gasteiger partial charge in [0.2, 0.25) is 0 Å². The Labute approximate surface area is 232 Å². The third kappa shape index (κ3) is 4.00. The van der Waals surface area contributed by atoms with Gasteiger partial charge in [-0.25, -0.2) is 4.98 Å². The molecule has 5 heterocycles. The first-order chi connectivity index (χ1) is 19.7. The largest absolute Gasteiger partial charge is 0.316 e. The van der Waals surface area contributed by atoms with Gasteiger partial charge in [-0.05, 0) is 73.5 Å². The Morgan fingerprint density at radius 1 is 0.700 bits per heavy atom. The highest BCUT2D eigenvalue weighted by Crippen LogP contribution is 2.36. The number of hydrogen-bond donors (Lipinski definition) is 0. The number of nitrogens with zero attached hydrogens (tertiary/aromatic N) is 5. The standard InChI is InChI=1S/C35H27N5/c1-3-4-11-24(2)40-33-15-6-5-12-27(33)28-23-34-25(20-35(28)40)16-19-39(34)26-21-31(29-13-7-9-17-36-29)38-32(22-26)30-14-8-10-18-37-30/h3,5-10,12-23H,1-2,4,11H2. The van der Waals surface area contributed by atoms with Crippen LogP contribution in [0.25, 0.3) is 66.9 Å². The lowest BCUT2D eigenvalue weighted by atomic mass is 10.1. The van der Waals surface area contributed by atoms with Gasteiger partial charge < -0.3 is 9.13 Å². The van der Waals surface area contributed by atoms with Gasteiger partial charge in [-0.15, -0.1) is 6.58 Å². The Bertz CT molecular complexity index is 1970. The van der Waals surface area contributed by atoms with Crippen molar-refractivity contribution in [2.75, 3.05) is 0 Å². The predicted molar refractivity (Wildman–Crippen MR) is 165 cm³/mol. The van der Waals surface area contributed by atoms with E-state index < -0.39 is 0 Å². The van der Waals surface area contributed by atoms with Crippen LogP contribution in [0.3, 0.4) is 0 Å². The molecule has 2 aromatic carbocycles. The average molecular weight is 518 g/mol. The van der Waals surface area contributed by atoms with Crippen molar-refractivity contribution < 1.29 is 0 Å². The van der Waals surface area contributed by atoms with Crippen molar-refractivity contribution in [3.63, 3.8) is 0 Å². The van der Waals surface area contributed by atoms with Crippen LogP contribution in [0.4, 0.5) is 0 Å². The molecule has 0 fully saturated rings. The van der Waals surface area contributed by atoms with E-state index in [4.69, 9.17) is 4.98 Å². The SMILES string of the molecule is C=CCCC(=C)n1c2ccccc2c2cc3c(ccn3-c3cc(-c4ccccn4)nc(-c4ccccn4)c3)cc21. The number of pyridine rings is 3. The van der Waals surface area contributed by atoms with Crippen LogP contribution in [-0.2, 0) is 0 Å². The van der Waals surface area contributed by atoms with Crippen LogP contribution >= 0.6 is 0 Å². The summed E-state index contributed by atoms with van der Waals surface area (Å²) < 4.78 is 4.53. The number of rotatable bonds is 7. The van der Waals surface area contributed by atoms with E-state index in [9.17, 15) is 0 Å². The number of hydrogen-bond acceptors (Lipinski definition) is 3. The van der Waals surface area contributed by atoms with Gasteiger partial charge in [0.15, 0.2) is 0 Å². The van der Waals surface area contributed by atoms with Crippen LogP contribution < -0.4 is 0 Å². The Morgan fingerprint density at radius 2 is 1.40 bits per heavy atom. The molecule has 0 aliphatic heterocycles. The summed E-state index contributed by atoms with van der Waals surface area (Å²) in [4.78, 5) is 14.1. The zero-order valence-corrected chi connectivity index (χ0v) is 22.0. The van der Waals surface area contributed by atoms with Gasteiger partial charge >= 0.3 is 0 Å². The highest BCUT2D eigenvalue weighted by molar-refractivity contribution is 6.14. The molecule has 0 saturated heterocycles. The highest BCUT2D eigenvalue weighted by atomic mass is 15.0. The molecule has 0 aliphatic rings. The average Bonchev–Trinajstić information content (AvgIpc) is 3.58. The number of para-hydroxylation sites is 1. The normalized spacial score (nSPS) is 11.4. The van der Waals surface area contributed by atoms with Gasteiger partial charge in [0.1, 0.15) is 0 Å². The lowest BCUT2D eigenvalue weighted by molar-refractivity contribution is 0.999. The summed E-state index contributed by atoms with van der Waals surface area (Å²) in [6.45, 7) is 8.33. The monoisotopic (exact) mass is 517 g/mol. The summed E-state index contributed by atoms with van der Waals surface area (Å²) >= 11 is 0. The first-order valence-electron chi connectivity index (χ1n) is 13.4. The molecule has 5 aromatic heterocycles. The van der Waals surface area contributed by atoms with Crippen LogP contribution in [0.2, 0.25) is 0 Å². The lowest BCUT2D eigenvalue weighted by Crippen LogP contribution is -1.98. The summed E-state index contributed by atoms with van der Waals surface area (Å²) in [6.07, 6.45) is 9.42. The van der Waals surface area contributed by atoms with Crippen molar-refractivity contribution in [1.82, 2.24) is 24.1 Å². The molecule has 0 radical (unpaired) electrons. The molecular formula is C35H27N5. The zero-order chi connectivity index (χ0) is 27.1. The van der Waals surface area contributed by atoms with Crippen molar-refractivity contribution in [3.8, 4) is 28.5 Å². The van der Waals surface area contributed by atoms with Crippen molar-refractivity contribution in [1.29, 1.82) is 0 Å². The fourth-order valence-corrected chi connectivity index (χ4v) is 5.49. The van der Waals surface area contributed by atoms with E-state index in [1.165, 1.54) is 21.8 Å². The van der Waals surface area contributed by atoms with Gasteiger partial charge in [-0.2, -0.15) is 0 Å². The second-order valence-corrected chi connectivity index (χ2v) is 9.89. The van der Waals surface area contributed by atoms with E-state index in [-0.39, 0.29) is 0 Å². The topological polar surface area (TPSA) is 48.5 Å². The zero-order valence-electron chi connectivity index (χ0n) is 22.0. The molecule has 40 heavy (non-hydrogen) atoms. The van der Waals surface area contributed by atoms with Crippen molar-refractivity contribution in [2.24, 2.45) is 0 Å². The molecule has 192 valence electrons. The fraction of sp³-hybridized carbons (Fsp3) is 0.0571. The molecule has 0 saturated carbocycles. The van der Waals surface area contributed by atoms with Crippen molar-refractivity contribution in [2.45, 2.75) is 12.8 Å². The molecule has 0 amide bonds. The van der Waals surface area contributed by atoms with Crippen LogP contribution in [-0.4, -0.2) is 24.1 Å². The first-order valence-corrected chi connectivity index (χ1v) is 13.4. The van der Waals surface area contributed by atoms with Gasteiger partial charge in [-0.1, -0.05) is 43.0 Å². The van der Waals surface area contributed by atoms with E-state index in [0.29, 0.717) is 0 Å². The van der Waals surface area contributed by atoms with E-state index >= 15 is 0 Å². The van der Waals surface area contributed by atoms with Crippen molar-refractivity contribution in [3.05, 3.63) is 129 Å². The Balaban J connectivity index is 1.46. The van der Waals surface area contributed by atoms with E-state index in [0.717, 1.165) is 57.9 Å². The predicted octanol–water partition coefficient (Wildman–Crippen LogP) is 8.69. The molecule has 0 aliphatic carbocycles. The maximum atomic E-state index is 4.94. The number of aromatic nitrogens is 5. The minimum Gasteiger partial charge on any atom is -0.316 e. The molecule has 0 N–H and O–H groups in total. The van der Waals surface area contributed by atoms with Gasteiger partial charge in [0.25, 0.3) is 0 Å². The van der Waals surface area contributed by atoms with Crippen LogP contribution in [0.15, 0.2) is 129 Å². The maximum absolute atomic E-state index is 4.94. The fourth-order valence-electron chi connectivity index (χ4n) is 5.49. The third-order valence-corrected chi connectivity index (χ3v) is 7.38. The third-order valence-electron chi connectivity index (χ3n) is 7.38. The van der Waals surface area contributed by atoms with E-state index in [1.807, 2.05) is 42.5 Å². The Morgan fingerprint density at radius 3 is 2.08 bits per heavy atom. The van der Waals surface area contributed by atoms with Crippen LogP contribution in [0.5, 0.6) is 0 Å². The number of benzene rings is 2. The summed E-state index contributed by atoms with van der Waals surface area (Å²) in [5.74, 6) is 0. The quantitative estimate of drug-likeness (QED) is 0.199. The highest BCUT2D eigenvalue weighted by Gasteiger charge is 2.16. The number of allylic oxidation sites excluding steroid dienone is 2. The molecule has 0 atom stereocenters. The molecular weight excluding hydrogens is 490 g/mol. The molecule has 5 heteroatoms. The number of fused-ring (bicyclic) bond motifs is 4. The molecule has 7 rings (SSSR count). The maximum Gasteiger partial charge on any atom is 0.0915 e. The smallest absolute Gasteiger partial charge is 0.0915 e. The van der Waals surface area contributed by atoms with Gasteiger partial charge in [-0.3, -0.25) is 9.97 Å². The first kappa shape index (κ1) is 23.8. The molecule has 0 unspecified atom stereocenters. The van der Waals surface area contributed by atoms with E-state index in [2.05, 4.69) is 93.1 Å². The molecule has 0 bridgehead atoms. The second kappa shape index (κ2) is 9.79. The Kier molecular flexibility index (Phi) is 5.82. The summed E-state index contributed by atoms with van der Waals surface area (Å²) in [6, 6.07) is 31.3. The molecule has 7 aromatic rings. The summed E-state index contributed by atoms with van der Waals surface area (Å²) in [5.41, 5.74) is 8.78. The second-order valence-electron chi connectivity index (χ2n) is 9.89. The molecule has 5 nitrogen and oxygen atoms in total. The minimum absolute atomic E-state index is 0.803. The summed E-state index contributed by atoms with van der Waals surface area (Å²) in [7, 11) is 0.